The molecule has 3 nitrogen and oxygen atoms in total. The monoisotopic (exact) mass is 295 g/mol. The summed E-state index contributed by atoms with van der Waals surface area (Å²) in [5.74, 6) is 1.32. The van der Waals surface area contributed by atoms with Gasteiger partial charge in [-0.05, 0) is 62.8 Å². The average molecular weight is 295 g/mol. The molecular formula is C19H21NO2. The van der Waals surface area contributed by atoms with E-state index in [9.17, 15) is 4.79 Å². The lowest BCUT2D eigenvalue weighted by Gasteiger charge is -2.28. The van der Waals surface area contributed by atoms with Crippen molar-refractivity contribution in [3.05, 3.63) is 48.0 Å². The molecule has 0 saturated heterocycles. The van der Waals surface area contributed by atoms with E-state index < -0.39 is 0 Å². The van der Waals surface area contributed by atoms with Crippen LogP contribution >= 0.6 is 0 Å². The fourth-order valence-electron chi connectivity index (χ4n) is 3.11. The largest absolute Gasteiger partial charge is 0.474 e. The fraction of sp³-hybridized carbons (Fsp3) is 0.368. The number of fused-ring (bicyclic) bond motifs is 1. The molecule has 2 aromatic rings. The van der Waals surface area contributed by atoms with Crippen molar-refractivity contribution in [2.45, 2.75) is 38.7 Å². The number of hydrogen-bond acceptors (Lipinski definition) is 3. The second-order valence-electron chi connectivity index (χ2n) is 6.16. The summed E-state index contributed by atoms with van der Waals surface area (Å²) in [6, 6.07) is 9.34. The average Bonchev–Trinajstić information content (AvgIpc) is 2.55. The van der Waals surface area contributed by atoms with E-state index in [1.807, 2.05) is 24.3 Å². The van der Waals surface area contributed by atoms with Gasteiger partial charge in [0.15, 0.2) is 0 Å². The summed E-state index contributed by atoms with van der Waals surface area (Å²) in [7, 11) is 0. The summed E-state index contributed by atoms with van der Waals surface area (Å²) in [6.45, 7) is 6.17. The van der Waals surface area contributed by atoms with Crippen LogP contribution in [0.15, 0.2) is 42.5 Å². The van der Waals surface area contributed by atoms with Gasteiger partial charge in [-0.3, -0.25) is 4.79 Å². The summed E-state index contributed by atoms with van der Waals surface area (Å²) in [4.78, 5) is 15.3. The number of aldehydes is 1. The van der Waals surface area contributed by atoms with Crippen LogP contribution in [0.2, 0.25) is 0 Å². The maximum atomic E-state index is 10.8. The van der Waals surface area contributed by atoms with Gasteiger partial charge in [0.2, 0.25) is 5.88 Å². The number of allylic oxidation sites excluding steroid dienone is 1. The zero-order valence-electron chi connectivity index (χ0n) is 12.9. The molecule has 1 heterocycles. The number of carbonyl (C=O) groups excluding carboxylic acids is 1. The van der Waals surface area contributed by atoms with Gasteiger partial charge in [-0.1, -0.05) is 12.2 Å². The minimum atomic E-state index is 0.245. The zero-order chi connectivity index (χ0) is 15.5. The molecule has 3 rings (SSSR count). The molecule has 1 aliphatic rings. The van der Waals surface area contributed by atoms with Crippen LogP contribution in [0.1, 0.15) is 43.0 Å². The van der Waals surface area contributed by atoms with E-state index in [1.165, 1.54) is 5.57 Å². The molecule has 0 amide bonds. The van der Waals surface area contributed by atoms with E-state index in [4.69, 9.17) is 4.74 Å². The van der Waals surface area contributed by atoms with Crippen LogP contribution in [0.4, 0.5) is 0 Å². The lowest BCUT2D eigenvalue weighted by molar-refractivity contribution is 0.112. The minimum Gasteiger partial charge on any atom is -0.474 e. The minimum absolute atomic E-state index is 0.245. The second-order valence-corrected chi connectivity index (χ2v) is 6.16. The number of pyridine rings is 1. The highest BCUT2D eigenvalue weighted by atomic mass is 16.5. The Morgan fingerprint density at radius 3 is 2.68 bits per heavy atom. The highest BCUT2D eigenvalue weighted by Crippen LogP contribution is 2.31. The number of aromatic nitrogens is 1. The number of ether oxygens (including phenoxy) is 1. The Hall–Kier alpha value is -2.16. The molecule has 0 atom stereocenters. The first kappa shape index (κ1) is 14.8. The lowest BCUT2D eigenvalue weighted by Crippen LogP contribution is -2.24. The van der Waals surface area contributed by atoms with Gasteiger partial charge in [0.25, 0.3) is 0 Å². The molecule has 0 bridgehead atoms. The smallest absolute Gasteiger partial charge is 0.214 e. The number of carbonyl (C=O) groups is 1. The summed E-state index contributed by atoms with van der Waals surface area (Å²) >= 11 is 0. The molecule has 0 radical (unpaired) electrons. The van der Waals surface area contributed by atoms with E-state index in [-0.39, 0.29) is 6.10 Å². The Balaban J connectivity index is 1.69. The fourth-order valence-corrected chi connectivity index (χ4v) is 3.11. The quantitative estimate of drug-likeness (QED) is 0.613. The van der Waals surface area contributed by atoms with Crippen molar-refractivity contribution in [2.24, 2.45) is 5.92 Å². The highest BCUT2D eigenvalue weighted by molar-refractivity contribution is 5.86. The van der Waals surface area contributed by atoms with Gasteiger partial charge in [0, 0.05) is 17.0 Å². The van der Waals surface area contributed by atoms with E-state index in [0.29, 0.717) is 17.4 Å². The molecular weight excluding hydrogens is 274 g/mol. The summed E-state index contributed by atoms with van der Waals surface area (Å²) in [5, 5.41) is 0.961. The van der Waals surface area contributed by atoms with E-state index in [1.54, 1.807) is 6.07 Å². The maximum absolute atomic E-state index is 10.8. The van der Waals surface area contributed by atoms with Crippen molar-refractivity contribution in [3.8, 4) is 5.88 Å². The molecule has 0 spiro atoms. The molecule has 0 N–H and O–H groups in total. The Morgan fingerprint density at radius 2 is 2.00 bits per heavy atom. The van der Waals surface area contributed by atoms with E-state index in [0.717, 1.165) is 42.9 Å². The van der Waals surface area contributed by atoms with Gasteiger partial charge in [0.1, 0.15) is 12.4 Å². The summed E-state index contributed by atoms with van der Waals surface area (Å²) in [5.41, 5.74) is 2.81. The van der Waals surface area contributed by atoms with Crippen LogP contribution in [-0.4, -0.2) is 17.4 Å². The van der Waals surface area contributed by atoms with E-state index in [2.05, 4.69) is 18.5 Å². The topological polar surface area (TPSA) is 39.2 Å². The van der Waals surface area contributed by atoms with Crippen molar-refractivity contribution in [1.82, 2.24) is 4.98 Å². The van der Waals surface area contributed by atoms with Gasteiger partial charge in [-0.15, -0.1) is 0 Å². The Labute approximate surface area is 131 Å². The van der Waals surface area contributed by atoms with E-state index >= 15 is 0 Å². The number of rotatable bonds is 4. The van der Waals surface area contributed by atoms with Gasteiger partial charge >= 0.3 is 0 Å². The summed E-state index contributed by atoms with van der Waals surface area (Å²) in [6.07, 6.45) is 5.51. The van der Waals surface area contributed by atoms with Crippen LogP contribution < -0.4 is 4.74 Å². The van der Waals surface area contributed by atoms with Crippen molar-refractivity contribution >= 4 is 17.2 Å². The molecule has 114 valence electrons. The standard InChI is InChI=1S/C19H21NO2/c1-13(2)15-4-7-17(8-5-15)22-19-10-6-16-11-14(12-21)3-9-18(16)20-19/h3,6,9-12,15,17H,1,4-5,7-8H2,2H3. The van der Waals surface area contributed by atoms with Gasteiger partial charge in [-0.25, -0.2) is 4.98 Å². The Kier molecular flexibility index (Phi) is 4.23. The van der Waals surface area contributed by atoms with Gasteiger partial charge < -0.3 is 4.74 Å². The maximum Gasteiger partial charge on any atom is 0.214 e. The van der Waals surface area contributed by atoms with Crippen LogP contribution in [0.25, 0.3) is 10.9 Å². The highest BCUT2D eigenvalue weighted by Gasteiger charge is 2.23. The van der Waals surface area contributed by atoms with Crippen molar-refractivity contribution < 1.29 is 9.53 Å². The molecule has 1 saturated carbocycles. The molecule has 22 heavy (non-hydrogen) atoms. The Bertz CT molecular complexity index is 700. The second kappa shape index (κ2) is 6.30. The Morgan fingerprint density at radius 1 is 1.23 bits per heavy atom. The third-order valence-electron chi connectivity index (χ3n) is 4.48. The molecule has 0 aliphatic heterocycles. The molecule has 1 aromatic heterocycles. The van der Waals surface area contributed by atoms with Gasteiger partial charge in [-0.2, -0.15) is 0 Å². The third-order valence-corrected chi connectivity index (χ3v) is 4.48. The van der Waals surface area contributed by atoms with Crippen molar-refractivity contribution in [2.75, 3.05) is 0 Å². The lowest BCUT2D eigenvalue weighted by atomic mass is 9.83. The first-order chi connectivity index (χ1) is 10.7. The predicted molar refractivity (Wildman–Crippen MR) is 88.3 cm³/mol. The van der Waals surface area contributed by atoms with Crippen molar-refractivity contribution in [3.63, 3.8) is 0 Å². The predicted octanol–water partition coefficient (Wildman–Crippen LogP) is 4.56. The SMILES string of the molecule is C=C(C)C1CCC(Oc2ccc3cc(C=O)ccc3n2)CC1. The van der Waals surface area contributed by atoms with Crippen molar-refractivity contribution in [1.29, 1.82) is 0 Å². The third kappa shape index (κ3) is 3.19. The molecule has 1 aliphatic carbocycles. The van der Waals surface area contributed by atoms with Crippen LogP contribution in [0.3, 0.4) is 0 Å². The first-order valence-corrected chi connectivity index (χ1v) is 7.84. The first-order valence-electron chi connectivity index (χ1n) is 7.84. The molecule has 0 unspecified atom stereocenters. The number of nitrogens with zero attached hydrogens (tertiary/aromatic N) is 1. The zero-order valence-corrected chi connectivity index (χ0v) is 12.9. The van der Waals surface area contributed by atoms with Gasteiger partial charge in [0.05, 0.1) is 5.52 Å². The summed E-state index contributed by atoms with van der Waals surface area (Å²) < 4.78 is 6.04. The van der Waals surface area contributed by atoms with Crippen LogP contribution in [0, 0.1) is 5.92 Å². The van der Waals surface area contributed by atoms with Crippen LogP contribution in [0.5, 0.6) is 5.88 Å². The number of benzene rings is 1. The normalized spacial score (nSPS) is 21.5. The number of hydrogen-bond donors (Lipinski definition) is 0. The molecule has 3 heteroatoms. The van der Waals surface area contributed by atoms with Crippen LogP contribution in [-0.2, 0) is 0 Å². The molecule has 1 aromatic carbocycles. The molecule has 1 fully saturated rings.